The average molecular weight is 359 g/mol. The van der Waals surface area contributed by atoms with Crippen LogP contribution in [0, 0.1) is 0 Å². The fraction of sp³-hybridized carbons (Fsp3) is 0.800. The van der Waals surface area contributed by atoms with Crippen LogP contribution in [0.5, 0.6) is 0 Å². The number of morpholine rings is 1. The van der Waals surface area contributed by atoms with Gasteiger partial charge in [0.15, 0.2) is 0 Å². The largest absolute Gasteiger partial charge is 0.374 e. The van der Waals surface area contributed by atoms with E-state index in [0.29, 0.717) is 0 Å². The molecular formula is C15H27BrN4O. The lowest BCUT2D eigenvalue weighted by molar-refractivity contribution is -0.0483. The molecule has 2 atom stereocenters. The molecule has 6 heteroatoms. The number of aryl methyl sites for hydroxylation is 1. The summed E-state index contributed by atoms with van der Waals surface area (Å²) in [6.45, 7) is 9.37. The highest BCUT2D eigenvalue weighted by atomic mass is 79.9. The first-order valence-electron chi connectivity index (χ1n) is 7.92. The maximum atomic E-state index is 6.08. The van der Waals surface area contributed by atoms with Gasteiger partial charge in [-0.15, -0.1) is 0 Å². The predicted molar refractivity (Wildman–Crippen MR) is 88.4 cm³/mol. The minimum absolute atomic E-state index is 0.170. The van der Waals surface area contributed by atoms with E-state index in [4.69, 9.17) is 4.74 Å². The van der Waals surface area contributed by atoms with Gasteiger partial charge in [-0.2, -0.15) is 5.10 Å². The van der Waals surface area contributed by atoms with Crippen LogP contribution in [0.2, 0.25) is 0 Å². The van der Waals surface area contributed by atoms with Gasteiger partial charge in [0, 0.05) is 20.1 Å². The quantitative estimate of drug-likeness (QED) is 0.812. The summed E-state index contributed by atoms with van der Waals surface area (Å²) in [4.78, 5) is 2.50. The molecule has 1 saturated heterocycles. The van der Waals surface area contributed by atoms with Gasteiger partial charge in [0.05, 0.1) is 35.1 Å². The van der Waals surface area contributed by atoms with Gasteiger partial charge in [0.2, 0.25) is 0 Å². The SMILES string of the molecule is CCCNC(c1c(Br)cnn1C)C1CN(CCC)CCO1. The Morgan fingerprint density at radius 2 is 2.29 bits per heavy atom. The molecule has 1 aromatic rings. The molecule has 0 amide bonds. The van der Waals surface area contributed by atoms with Gasteiger partial charge in [0.25, 0.3) is 0 Å². The molecule has 0 aromatic carbocycles. The van der Waals surface area contributed by atoms with Crippen LogP contribution in [-0.4, -0.2) is 53.6 Å². The Kier molecular flexibility index (Phi) is 6.67. The van der Waals surface area contributed by atoms with Crippen molar-refractivity contribution >= 4 is 15.9 Å². The minimum Gasteiger partial charge on any atom is -0.374 e. The molecule has 1 fully saturated rings. The summed E-state index contributed by atoms with van der Waals surface area (Å²) in [5.41, 5.74) is 1.17. The molecule has 2 heterocycles. The molecule has 1 aliphatic rings. The van der Waals surface area contributed by atoms with Crippen molar-refractivity contribution < 1.29 is 4.74 Å². The standard InChI is InChI=1S/C15H27BrN4O/c1-4-6-17-14(15-12(16)10-18-19(15)3)13-11-20(7-5-2)8-9-21-13/h10,13-14,17H,4-9,11H2,1-3H3. The number of hydrogen-bond donors (Lipinski definition) is 1. The zero-order valence-corrected chi connectivity index (χ0v) is 14.9. The second kappa shape index (κ2) is 8.27. The molecule has 0 aliphatic carbocycles. The van der Waals surface area contributed by atoms with E-state index in [-0.39, 0.29) is 12.1 Å². The molecule has 21 heavy (non-hydrogen) atoms. The van der Waals surface area contributed by atoms with Gasteiger partial charge in [-0.25, -0.2) is 0 Å². The Balaban J connectivity index is 2.15. The number of nitrogens with one attached hydrogen (secondary N) is 1. The van der Waals surface area contributed by atoms with Gasteiger partial charge in [0.1, 0.15) is 0 Å². The fourth-order valence-corrected chi connectivity index (χ4v) is 3.52. The van der Waals surface area contributed by atoms with Crippen LogP contribution in [0.25, 0.3) is 0 Å². The van der Waals surface area contributed by atoms with Crippen molar-refractivity contribution in [2.75, 3.05) is 32.8 Å². The molecule has 0 saturated carbocycles. The minimum atomic E-state index is 0.170. The zero-order chi connectivity index (χ0) is 15.2. The molecule has 0 bridgehead atoms. The molecule has 2 unspecified atom stereocenters. The smallest absolute Gasteiger partial charge is 0.0912 e. The Morgan fingerprint density at radius 3 is 2.90 bits per heavy atom. The summed E-state index contributed by atoms with van der Waals surface area (Å²) < 4.78 is 9.08. The van der Waals surface area contributed by atoms with E-state index < -0.39 is 0 Å². The number of rotatable bonds is 7. The Hall–Kier alpha value is -0.430. The summed E-state index contributed by atoms with van der Waals surface area (Å²) in [7, 11) is 1.99. The summed E-state index contributed by atoms with van der Waals surface area (Å²) in [5.74, 6) is 0. The van der Waals surface area contributed by atoms with E-state index in [9.17, 15) is 0 Å². The molecule has 1 aliphatic heterocycles. The highest BCUT2D eigenvalue weighted by Crippen LogP contribution is 2.28. The lowest BCUT2D eigenvalue weighted by atomic mass is 10.0. The molecule has 120 valence electrons. The molecule has 5 nitrogen and oxygen atoms in total. The maximum Gasteiger partial charge on any atom is 0.0912 e. The second-order valence-electron chi connectivity index (χ2n) is 5.64. The van der Waals surface area contributed by atoms with E-state index in [1.165, 1.54) is 12.1 Å². The monoisotopic (exact) mass is 358 g/mol. The van der Waals surface area contributed by atoms with Crippen molar-refractivity contribution in [2.24, 2.45) is 7.05 Å². The van der Waals surface area contributed by atoms with Gasteiger partial charge in [-0.3, -0.25) is 9.58 Å². The van der Waals surface area contributed by atoms with Crippen molar-refractivity contribution in [3.8, 4) is 0 Å². The number of ether oxygens (including phenoxy) is 1. The third kappa shape index (κ3) is 4.28. The van der Waals surface area contributed by atoms with Crippen LogP contribution in [0.4, 0.5) is 0 Å². The van der Waals surface area contributed by atoms with Crippen LogP contribution >= 0.6 is 15.9 Å². The van der Waals surface area contributed by atoms with Crippen molar-refractivity contribution in [2.45, 2.75) is 38.8 Å². The van der Waals surface area contributed by atoms with E-state index in [1.807, 2.05) is 17.9 Å². The molecule has 2 rings (SSSR count). The molecule has 0 spiro atoms. The lowest BCUT2D eigenvalue weighted by Crippen LogP contribution is -2.49. The topological polar surface area (TPSA) is 42.3 Å². The third-order valence-corrected chi connectivity index (χ3v) is 4.55. The molecule has 0 radical (unpaired) electrons. The van der Waals surface area contributed by atoms with Crippen molar-refractivity contribution in [1.82, 2.24) is 20.0 Å². The molecule has 1 N–H and O–H groups in total. The number of nitrogens with zero attached hydrogens (tertiary/aromatic N) is 3. The van der Waals surface area contributed by atoms with Crippen LogP contribution < -0.4 is 5.32 Å². The Labute approximate surface area is 136 Å². The number of halogens is 1. The van der Waals surface area contributed by atoms with Crippen LogP contribution in [0.3, 0.4) is 0 Å². The van der Waals surface area contributed by atoms with E-state index >= 15 is 0 Å². The van der Waals surface area contributed by atoms with E-state index in [1.54, 1.807) is 0 Å². The van der Waals surface area contributed by atoms with Crippen LogP contribution in [0.15, 0.2) is 10.7 Å². The molecular weight excluding hydrogens is 332 g/mol. The van der Waals surface area contributed by atoms with Gasteiger partial charge in [-0.05, 0) is 41.9 Å². The summed E-state index contributed by atoms with van der Waals surface area (Å²) >= 11 is 3.63. The zero-order valence-electron chi connectivity index (χ0n) is 13.3. The van der Waals surface area contributed by atoms with Crippen molar-refractivity contribution in [3.05, 3.63) is 16.4 Å². The van der Waals surface area contributed by atoms with E-state index in [2.05, 4.69) is 45.1 Å². The Bertz CT molecular complexity index is 416. The van der Waals surface area contributed by atoms with E-state index in [0.717, 1.165) is 43.7 Å². The highest BCUT2D eigenvalue weighted by Gasteiger charge is 2.31. The number of hydrogen-bond acceptors (Lipinski definition) is 4. The van der Waals surface area contributed by atoms with Crippen LogP contribution in [0.1, 0.15) is 38.4 Å². The van der Waals surface area contributed by atoms with Crippen LogP contribution in [-0.2, 0) is 11.8 Å². The lowest BCUT2D eigenvalue weighted by Gasteiger charge is -2.37. The van der Waals surface area contributed by atoms with Crippen molar-refractivity contribution in [3.63, 3.8) is 0 Å². The summed E-state index contributed by atoms with van der Waals surface area (Å²) in [6.07, 6.45) is 4.33. The first kappa shape index (κ1) is 16.9. The van der Waals surface area contributed by atoms with Gasteiger partial charge < -0.3 is 10.1 Å². The normalized spacial score (nSPS) is 21.6. The second-order valence-corrected chi connectivity index (χ2v) is 6.50. The number of aromatic nitrogens is 2. The fourth-order valence-electron chi connectivity index (χ4n) is 2.93. The third-order valence-electron chi connectivity index (χ3n) is 3.94. The summed E-state index contributed by atoms with van der Waals surface area (Å²) in [6, 6.07) is 0.173. The maximum absolute atomic E-state index is 6.08. The summed E-state index contributed by atoms with van der Waals surface area (Å²) in [5, 5.41) is 8.00. The Morgan fingerprint density at radius 1 is 1.48 bits per heavy atom. The van der Waals surface area contributed by atoms with Gasteiger partial charge >= 0.3 is 0 Å². The highest BCUT2D eigenvalue weighted by molar-refractivity contribution is 9.10. The van der Waals surface area contributed by atoms with Crippen molar-refractivity contribution in [1.29, 1.82) is 0 Å². The molecule has 1 aromatic heterocycles. The first-order chi connectivity index (χ1) is 10.2. The predicted octanol–water partition coefficient (Wildman–Crippen LogP) is 2.33. The van der Waals surface area contributed by atoms with Gasteiger partial charge in [-0.1, -0.05) is 13.8 Å². The average Bonchev–Trinajstić information content (AvgIpc) is 2.81. The first-order valence-corrected chi connectivity index (χ1v) is 8.71.